The van der Waals surface area contributed by atoms with Gasteiger partial charge in [0.2, 0.25) is 5.76 Å². The van der Waals surface area contributed by atoms with Gasteiger partial charge in [-0.2, -0.15) is 0 Å². The molecule has 0 unspecified atom stereocenters. The maximum atomic E-state index is 11.3. The van der Waals surface area contributed by atoms with Crippen molar-refractivity contribution in [3.05, 3.63) is 47.7 Å². The van der Waals surface area contributed by atoms with Gasteiger partial charge in [0, 0.05) is 6.42 Å². The van der Waals surface area contributed by atoms with Crippen LogP contribution in [0.2, 0.25) is 0 Å². The zero-order valence-electron chi connectivity index (χ0n) is 10.3. The summed E-state index contributed by atoms with van der Waals surface area (Å²) < 4.78 is 10.0. The van der Waals surface area contributed by atoms with Crippen LogP contribution in [0.5, 0.6) is 0 Å². The van der Waals surface area contributed by atoms with E-state index >= 15 is 0 Å². The van der Waals surface area contributed by atoms with Crippen molar-refractivity contribution in [3.63, 3.8) is 0 Å². The summed E-state index contributed by atoms with van der Waals surface area (Å²) in [6.45, 7) is 0. The topological polar surface area (TPSA) is 51.8 Å². The normalized spacial score (nSPS) is 13.0. The summed E-state index contributed by atoms with van der Waals surface area (Å²) in [4.78, 5) is 15.8. The predicted octanol–water partition coefficient (Wildman–Crippen LogP) is 3.44. The van der Waals surface area contributed by atoms with Crippen LogP contribution in [0.15, 0.2) is 50.9 Å². The first kappa shape index (κ1) is 12.0. The lowest BCUT2D eigenvalue weighted by Gasteiger charge is -1.96. The fourth-order valence-corrected chi connectivity index (χ4v) is 2.74. The maximum Gasteiger partial charge on any atom is 0.374 e. The molecule has 0 saturated carbocycles. The molecule has 19 heavy (non-hydrogen) atoms. The molecular formula is C14H11NO3S. The number of nitrogens with zero attached hydrogens (tertiary/aromatic N) is 1. The fourth-order valence-electron chi connectivity index (χ4n) is 1.87. The van der Waals surface area contributed by atoms with Crippen LogP contribution in [0.4, 0.5) is 5.69 Å². The molecule has 1 aliphatic rings. The molecule has 1 aliphatic heterocycles. The molecule has 1 aromatic carbocycles. The van der Waals surface area contributed by atoms with Crippen molar-refractivity contribution in [2.24, 2.45) is 4.99 Å². The number of aliphatic imine (C=N–C) groups is 1. The maximum absolute atomic E-state index is 11.3. The smallest absolute Gasteiger partial charge is 0.374 e. The van der Waals surface area contributed by atoms with E-state index in [1.165, 1.54) is 24.4 Å². The highest BCUT2D eigenvalue weighted by molar-refractivity contribution is 8.13. The monoisotopic (exact) mass is 273 g/mol. The van der Waals surface area contributed by atoms with Gasteiger partial charge in [0.25, 0.3) is 0 Å². The van der Waals surface area contributed by atoms with Crippen molar-refractivity contribution < 1.29 is 13.9 Å². The fraction of sp³-hybridized carbons (Fsp3) is 0.143. The van der Waals surface area contributed by atoms with Crippen molar-refractivity contribution in [1.82, 2.24) is 0 Å². The quantitative estimate of drug-likeness (QED) is 0.786. The second-order valence-electron chi connectivity index (χ2n) is 4.02. The van der Waals surface area contributed by atoms with Gasteiger partial charge in [-0.05, 0) is 35.5 Å². The molecule has 0 radical (unpaired) electrons. The third-order valence-electron chi connectivity index (χ3n) is 2.76. The molecule has 0 fully saturated rings. The van der Waals surface area contributed by atoms with Crippen LogP contribution in [0.25, 0.3) is 0 Å². The molecule has 4 nitrogen and oxygen atoms in total. The van der Waals surface area contributed by atoms with Crippen LogP contribution in [0.3, 0.4) is 0 Å². The Balaban J connectivity index is 1.74. The summed E-state index contributed by atoms with van der Waals surface area (Å²) in [7, 11) is 1.33. The number of thioether (sulfide) groups is 1. The lowest BCUT2D eigenvalue weighted by molar-refractivity contribution is 0.0559. The minimum atomic E-state index is -0.469. The number of para-hydroxylation sites is 1. The standard InChI is InChI=1S/C14H11NO3S/c1-17-14(16)11-6-7-13(18-11)19-12-8-9-4-2-3-5-10(9)15-12/h2-7H,8H2,1H3. The summed E-state index contributed by atoms with van der Waals surface area (Å²) in [5.74, 6) is -0.260. The summed E-state index contributed by atoms with van der Waals surface area (Å²) in [6, 6.07) is 11.4. The Hall–Kier alpha value is -2.01. The minimum absolute atomic E-state index is 0.209. The number of fused-ring (bicyclic) bond motifs is 1. The second kappa shape index (κ2) is 4.93. The number of carbonyl (C=O) groups excluding carboxylic acids is 1. The van der Waals surface area contributed by atoms with E-state index in [4.69, 9.17) is 4.42 Å². The van der Waals surface area contributed by atoms with Crippen molar-refractivity contribution >= 4 is 28.5 Å². The molecule has 1 aromatic heterocycles. The van der Waals surface area contributed by atoms with Gasteiger partial charge in [0.05, 0.1) is 17.8 Å². The van der Waals surface area contributed by atoms with Gasteiger partial charge >= 0.3 is 5.97 Å². The molecule has 96 valence electrons. The van der Waals surface area contributed by atoms with E-state index in [1.807, 2.05) is 18.2 Å². The molecule has 0 saturated heterocycles. The zero-order valence-corrected chi connectivity index (χ0v) is 11.1. The lowest BCUT2D eigenvalue weighted by Crippen LogP contribution is -1.98. The van der Waals surface area contributed by atoms with E-state index in [1.54, 1.807) is 12.1 Å². The Morgan fingerprint density at radius 2 is 2.16 bits per heavy atom. The molecule has 2 aromatic rings. The third kappa shape index (κ3) is 2.42. The molecule has 0 amide bonds. The third-order valence-corrected chi connectivity index (χ3v) is 3.66. The Bertz CT molecular complexity index is 660. The van der Waals surface area contributed by atoms with Crippen LogP contribution >= 0.6 is 11.8 Å². The van der Waals surface area contributed by atoms with Gasteiger partial charge in [-0.15, -0.1) is 0 Å². The van der Waals surface area contributed by atoms with Gasteiger partial charge in [0.15, 0.2) is 5.09 Å². The Morgan fingerprint density at radius 1 is 1.32 bits per heavy atom. The predicted molar refractivity (Wildman–Crippen MR) is 73.1 cm³/mol. The van der Waals surface area contributed by atoms with Crippen LogP contribution in [-0.2, 0) is 11.2 Å². The average Bonchev–Trinajstić information content (AvgIpc) is 3.04. The van der Waals surface area contributed by atoms with E-state index in [-0.39, 0.29) is 5.76 Å². The SMILES string of the molecule is COC(=O)c1ccc(SC2=Nc3ccccc3C2)o1. The number of furan rings is 1. The molecule has 0 bridgehead atoms. The Kier molecular flexibility index (Phi) is 3.13. The largest absolute Gasteiger partial charge is 0.463 e. The number of ether oxygens (including phenoxy) is 1. The Labute approximate surface area is 114 Å². The summed E-state index contributed by atoms with van der Waals surface area (Å²) >= 11 is 1.43. The van der Waals surface area contributed by atoms with E-state index in [0.29, 0.717) is 5.09 Å². The highest BCUT2D eigenvalue weighted by Gasteiger charge is 2.17. The van der Waals surface area contributed by atoms with Gasteiger partial charge in [-0.1, -0.05) is 18.2 Å². The number of benzene rings is 1. The van der Waals surface area contributed by atoms with Crippen LogP contribution < -0.4 is 0 Å². The summed E-state index contributed by atoms with van der Waals surface area (Å²) in [6.07, 6.45) is 0.801. The minimum Gasteiger partial charge on any atom is -0.463 e. The first-order valence-electron chi connectivity index (χ1n) is 5.78. The molecule has 0 spiro atoms. The second-order valence-corrected chi connectivity index (χ2v) is 5.10. The van der Waals surface area contributed by atoms with Crippen LogP contribution in [0, 0.1) is 0 Å². The van der Waals surface area contributed by atoms with E-state index < -0.39 is 5.97 Å². The number of hydrogen-bond donors (Lipinski definition) is 0. The van der Waals surface area contributed by atoms with Crippen molar-refractivity contribution in [2.45, 2.75) is 11.5 Å². The molecule has 3 rings (SSSR count). The number of carbonyl (C=O) groups is 1. The molecule has 0 aliphatic carbocycles. The first-order valence-corrected chi connectivity index (χ1v) is 6.59. The zero-order chi connectivity index (χ0) is 13.2. The molecule has 5 heteroatoms. The van der Waals surface area contributed by atoms with Gasteiger partial charge < -0.3 is 9.15 Å². The number of esters is 1. The van der Waals surface area contributed by atoms with Gasteiger partial charge in [-0.25, -0.2) is 9.79 Å². The Morgan fingerprint density at radius 3 is 2.95 bits per heavy atom. The van der Waals surface area contributed by atoms with Crippen molar-refractivity contribution in [1.29, 1.82) is 0 Å². The van der Waals surface area contributed by atoms with Gasteiger partial charge in [0.1, 0.15) is 0 Å². The summed E-state index contributed by atoms with van der Waals surface area (Å²) in [5, 5.41) is 1.61. The van der Waals surface area contributed by atoms with Crippen molar-refractivity contribution in [3.8, 4) is 0 Å². The number of methoxy groups -OCH3 is 1. The van der Waals surface area contributed by atoms with Crippen LogP contribution in [-0.4, -0.2) is 18.1 Å². The number of hydrogen-bond acceptors (Lipinski definition) is 5. The van der Waals surface area contributed by atoms with Gasteiger partial charge in [-0.3, -0.25) is 0 Å². The lowest BCUT2D eigenvalue weighted by atomic mass is 10.2. The highest BCUT2D eigenvalue weighted by Crippen LogP contribution is 2.33. The van der Waals surface area contributed by atoms with E-state index in [0.717, 1.165) is 17.2 Å². The van der Waals surface area contributed by atoms with Crippen molar-refractivity contribution in [2.75, 3.05) is 7.11 Å². The highest BCUT2D eigenvalue weighted by atomic mass is 32.2. The van der Waals surface area contributed by atoms with Crippen LogP contribution in [0.1, 0.15) is 16.1 Å². The average molecular weight is 273 g/mol. The number of rotatable bonds is 2. The first-order chi connectivity index (χ1) is 9.26. The molecule has 0 N–H and O–H groups in total. The molecule has 0 atom stereocenters. The molecule has 2 heterocycles. The van der Waals surface area contributed by atoms with E-state index in [9.17, 15) is 4.79 Å². The molecular weight excluding hydrogens is 262 g/mol. The van der Waals surface area contributed by atoms with E-state index in [2.05, 4.69) is 15.8 Å². The summed E-state index contributed by atoms with van der Waals surface area (Å²) in [5.41, 5.74) is 2.22.